The fourth-order valence-electron chi connectivity index (χ4n) is 2.75. The van der Waals surface area contributed by atoms with Crippen molar-refractivity contribution < 1.29 is 4.79 Å². The van der Waals surface area contributed by atoms with E-state index in [9.17, 15) is 4.79 Å². The van der Waals surface area contributed by atoms with E-state index >= 15 is 0 Å². The van der Waals surface area contributed by atoms with Gasteiger partial charge < -0.3 is 10.7 Å². The molecule has 5 heteroatoms. The molecule has 104 valence electrons. The van der Waals surface area contributed by atoms with Gasteiger partial charge in [-0.2, -0.15) is 0 Å². The van der Waals surface area contributed by atoms with Gasteiger partial charge in [0.05, 0.1) is 5.56 Å². The molecule has 1 saturated carbocycles. The van der Waals surface area contributed by atoms with Gasteiger partial charge in [0, 0.05) is 12.2 Å². The summed E-state index contributed by atoms with van der Waals surface area (Å²) in [5, 5.41) is 3.11. The van der Waals surface area contributed by atoms with E-state index in [4.69, 9.17) is 5.84 Å². The van der Waals surface area contributed by atoms with Gasteiger partial charge in [-0.3, -0.25) is 4.79 Å². The zero-order chi connectivity index (χ0) is 13.8. The zero-order valence-electron chi connectivity index (χ0n) is 11.5. The number of nitrogens with zero attached hydrogens (tertiary/aromatic N) is 1. The van der Waals surface area contributed by atoms with Crippen LogP contribution in [0.25, 0.3) is 0 Å². The number of hydrogen-bond donors (Lipinski definition) is 3. The number of hydrazine groups is 1. The first-order valence-electron chi connectivity index (χ1n) is 6.83. The summed E-state index contributed by atoms with van der Waals surface area (Å²) in [6.07, 6.45) is 4.97. The molecule has 3 atom stereocenters. The smallest absolute Gasteiger partial charge is 0.253 e. The fourth-order valence-corrected chi connectivity index (χ4v) is 2.75. The predicted octanol–water partition coefficient (Wildman–Crippen LogP) is 1.92. The SMILES string of the molecule is CC1CCC(NC(=O)c2ccc(NN)nc2)C(C)C1. The summed E-state index contributed by atoms with van der Waals surface area (Å²) in [5.41, 5.74) is 3.02. The van der Waals surface area contributed by atoms with Crippen LogP contribution in [0.5, 0.6) is 0 Å². The van der Waals surface area contributed by atoms with Crippen molar-refractivity contribution >= 4 is 11.7 Å². The molecule has 1 aliphatic carbocycles. The highest BCUT2D eigenvalue weighted by atomic mass is 16.1. The van der Waals surface area contributed by atoms with E-state index in [-0.39, 0.29) is 11.9 Å². The molecule has 2 rings (SSSR count). The first-order valence-corrected chi connectivity index (χ1v) is 6.83. The van der Waals surface area contributed by atoms with Crippen molar-refractivity contribution in [3.05, 3.63) is 23.9 Å². The average molecular weight is 262 g/mol. The van der Waals surface area contributed by atoms with Gasteiger partial charge >= 0.3 is 0 Å². The second-order valence-corrected chi connectivity index (χ2v) is 5.55. The van der Waals surface area contributed by atoms with Crippen LogP contribution < -0.4 is 16.6 Å². The maximum absolute atomic E-state index is 12.1. The number of aromatic nitrogens is 1. The van der Waals surface area contributed by atoms with Crippen LogP contribution in [0.15, 0.2) is 18.3 Å². The lowest BCUT2D eigenvalue weighted by Gasteiger charge is -2.33. The van der Waals surface area contributed by atoms with E-state index in [2.05, 4.69) is 29.6 Å². The summed E-state index contributed by atoms with van der Waals surface area (Å²) in [5.74, 6) is 7.04. The van der Waals surface area contributed by atoms with E-state index in [0.29, 0.717) is 17.3 Å². The third-order valence-electron chi connectivity index (χ3n) is 3.92. The third-order valence-corrected chi connectivity index (χ3v) is 3.92. The standard InChI is InChI=1S/C14H22N4O/c1-9-3-5-12(10(2)7-9)17-14(19)11-4-6-13(18-15)16-8-11/h4,6,8-10,12H,3,5,7,15H2,1-2H3,(H,16,18)(H,17,19). The van der Waals surface area contributed by atoms with Crippen molar-refractivity contribution in [3.8, 4) is 0 Å². The quantitative estimate of drug-likeness (QED) is 0.574. The summed E-state index contributed by atoms with van der Waals surface area (Å²) >= 11 is 0. The Morgan fingerprint density at radius 1 is 1.37 bits per heavy atom. The fraction of sp³-hybridized carbons (Fsp3) is 0.571. The van der Waals surface area contributed by atoms with E-state index < -0.39 is 0 Å². The number of rotatable bonds is 3. The van der Waals surface area contributed by atoms with Gasteiger partial charge in [0.2, 0.25) is 0 Å². The second-order valence-electron chi connectivity index (χ2n) is 5.55. The minimum Gasteiger partial charge on any atom is -0.349 e. The lowest BCUT2D eigenvalue weighted by Crippen LogP contribution is -2.42. The predicted molar refractivity (Wildman–Crippen MR) is 75.5 cm³/mol. The highest BCUT2D eigenvalue weighted by Crippen LogP contribution is 2.28. The van der Waals surface area contributed by atoms with Gasteiger partial charge in [0.25, 0.3) is 5.91 Å². The van der Waals surface area contributed by atoms with Gasteiger partial charge in [-0.15, -0.1) is 0 Å². The number of nitrogens with two attached hydrogens (primary N) is 1. The number of nitrogens with one attached hydrogen (secondary N) is 2. The van der Waals surface area contributed by atoms with Gasteiger partial charge in [-0.25, -0.2) is 10.8 Å². The molecule has 0 aromatic carbocycles. The van der Waals surface area contributed by atoms with Crippen LogP contribution in [0.1, 0.15) is 43.5 Å². The Kier molecular flexibility index (Phi) is 4.37. The van der Waals surface area contributed by atoms with Gasteiger partial charge in [-0.1, -0.05) is 13.8 Å². The Bertz CT molecular complexity index is 432. The largest absolute Gasteiger partial charge is 0.349 e. The Labute approximate surface area is 114 Å². The Hall–Kier alpha value is -1.62. The molecule has 4 N–H and O–H groups in total. The van der Waals surface area contributed by atoms with Gasteiger partial charge in [0.1, 0.15) is 5.82 Å². The van der Waals surface area contributed by atoms with Crippen LogP contribution in [0, 0.1) is 11.8 Å². The Balaban J connectivity index is 1.96. The number of pyridine rings is 1. The molecule has 5 nitrogen and oxygen atoms in total. The number of hydrogen-bond acceptors (Lipinski definition) is 4. The van der Waals surface area contributed by atoms with Gasteiger partial charge in [-0.05, 0) is 43.2 Å². The zero-order valence-corrected chi connectivity index (χ0v) is 11.5. The maximum atomic E-state index is 12.1. The number of nitrogen functional groups attached to an aromatic ring is 1. The van der Waals surface area contributed by atoms with E-state index in [1.54, 1.807) is 18.3 Å². The number of amides is 1. The van der Waals surface area contributed by atoms with Crippen LogP contribution in [-0.2, 0) is 0 Å². The van der Waals surface area contributed by atoms with Crippen molar-refractivity contribution in [3.63, 3.8) is 0 Å². The molecule has 0 aliphatic heterocycles. The number of anilines is 1. The summed E-state index contributed by atoms with van der Waals surface area (Å²) in [7, 11) is 0. The molecule has 1 amide bonds. The van der Waals surface area contributed by atoms with Crippen LogP contribution in [0.3, 0.4) is 0 Å². The molecular weight excluding hydrogens is 240 g/mol. The summed E-state index contributed by atoms with van der Waals surface area (Å²) in [6.45, 7) is 4.48. The van der Waals surface area contributed by atoms with E-state index in [1.165, 1.54) is 12.8 Å². The summed E-state index contributed by atoms with van der Waals surface area (Å²) in [6, 6.07) is 3.70. The third kappa shape index (κ3) is 3.44. The Morgan fingerprint density at radius 2 is 2.16 bits per heavy atom. The molecule has 0 radical (unpaired) electrons. The van der Waals surface area contributed by atoms with E-state index in [0.717, 1.165) is 12.3 Å². The van der Waals surface area contributed by atoms with Crippen LogP contribution in [0.2, 0.25) is 0 Å². The molecule has 19 heavy (non-hydrogen) atoms. The Morgan fingerprint density at radius 3 is 2.74 bits per heavy atom. The minimum atomic E-state index is -0.0533. The minimum absolute atomic E-state index is 0.0533. The normalized spacial score (nSPS) is 26.8. The van der Waals surface area contributed by atoms with E-state index in [1.807, 2.05) is 0 Å². The monoisotopic (exact) mass is 262 g/mol. The van der Waals surface area contributed by atoms with Crippen molar-refractivity contribution in [1.82, 2.24) is 10.3 Å². The molecule has 1 aromatic rings. The lowest BCUT2D eigenvalue weighted by molar-refractivity contribution is 0.0899. The molecular formula is C14H22N4O. The molecule has 0 spiro atoms. The second kappa shape index (κ2) is 6.02. The molecule has 0 bridgehead atoms. The van der Waals surface area contributed by atoms with Crippen molar-refractivity contribution in [1.29, 1.82) is 0 Å². The molecule has 3 unspecified atom stereocenters. The van der Waals surface area contributed by atoms with Crippen molar-refractivity contribution in [2.24, 2.45) is 17.7 Å². The highest BCUT2D eigenvalue weighted by molar-refractivity contribution is 5.94. The average Bonchev–Trinajstić information content (AvgIpc) is 2.42. The first-order chi connectivity index (χ1) is 9.10. The summed E-state index contributed by atoms with van der Waals surface area (Å²) in [4.78, 5) is 16.2. The number of carbonyl (C=O) groups is 1. The van der Waals surface area contributed by atoms with Crippen LogP contribution in [-0.4, -0.2) is 16.9 Å². The molecule has 1 aliphatic rings. The molecule has 1 aromatic heterocycles. The molecule has 1 heterocycles. The lowest BCUT2D eigenvalue weighted by atomic mass is 9.80. The highest BCUT2D eigenvalue weighted by Gasteiger charge is 2.26. The van der Waals surface area contributed by atoms with Gasteiger partial charge in [0.15, 0.2) is 0 Å². The van der Waals surface area contributed by atoms with Crippen molar-refractivity contribution in [2.45, 2.75) is 39.2 Å². The maximum Gasteiger partial charge on any atom is 0.253 e. The first kappa shape index (κ1) is 13.8. The number of carbonyl (C=O) groups excluding carboxylic acids is 1. The molecule has 1 fully saturated rings. The topological polar surface area (TPSA) is 80.0 Å². The summed E-state index contributed by atoms with van der Waals surface area (Å²) < 4.78 is 0. The van der Waals surface area contributed by atoms with Crippen LogP contribution >= 0.6 is 0 Å². The molecule has 0 saturated heterocycles. The van der Waals surface area contributed by atoms with Crippen LogP contribution in [0.4, 0.5) is 5.82 Å². The van der Waals surface area contributed by atoms with Crippen molar-refractivity contribution in [2.75, 3.05) is 5.43 Å².